The molecule has 4 atom stereocenters. The molecule has 8 nitrogen and oxygen atoms in total. The van der Waals surface area contributed by atoms with Crippen LogP contribution in [-0.4, -0.2) is 76.2 Å². The van der Waals surface area contributed by atoms with Crippen molar-refractivity contribution < 1.29 is 14.0 Å². The van der Waals surface area contributed by atoms with Crippen molar-refractivity contribution in [3.63, 3.8) is 0 Å². The fourth-order valence-electron chi connectivity index (χ4n) is 6.47. The molecule has 1 aliphatic carbocycles. The summed E-state index contributed by atoms with van der Waals surface area (Å²) < 4.78 is 15.4. The molecular formula is C29H43Cl2FN6O2. The molecule has 2 aromatic rings. The van der Waals surface area contributed by atoms with Gasteiger partial charge in [-0.3, -0.25) is 19.2 Å². The lowest BCUT2D eigenvalue weighted by molar-refractivity contribution is -0.144. The van der Waals surface area contributed by atoms with E-state index in [1.54, 1.807) is 25.4 Å². The molecule has 2 aliphatic heterocycles. The summed E-state index contributed by atoms with van der Waals surface area (Å²) >= 11 is 0. The van der Waals surface area contributed by atoms with Crippen molar-refractivity contribution in [2.75, 3.05) is 26.7 Å². The van der Waals surface area contributed by atoms with Crippen LogP contribution in [0.1, 0.15) is 69.2 Å². The molecule has 3 heterocycles. The first kappa shape index (κ1) is 32.3. The number of nitrogens with one attached hydrogen (secondary N) is 2. The first-order chi connectivity index (χ1) is 18.4. The number of piperazine rings is 1. The maximum Gasteiger partial charge on any atom is 0.246 e. The molecule has 0 spiro atoms. The van der Waals surface area contributed by atoms with Gasteiger partial charge >= 0.3 is 0 Å². The van der Waals surface area contributed by atoms with Gasteiger partial charge < -0.3 is 15.5 Å². The number of hydrogen-bond acceptors (Lipinski definition) is 5. The molecule has 1 aromatic carbocycles. The summed E-state index contributed by atoms with van der Waals surface area (Å²) in [5.41, 5.74) is 1.93. The maximum absolute atomic E-state index is 14.4. The molecule has 11 heteroatoms. The van der Waals surface area contributed by atoms with Crippen molar-refractivity contribution in [2.45, 2.75) is 82.6 Å². The minimum absolute atomic E-state index is 0. The zero-order valence-electron chi connectivity index (χ0n) is 23.4. The normalized spacial score (nSPS) is 22.9. The van der Waals surface area contributed by atoms with Gasteiger partial charge in [0.2, 0.25) is 11.8 Å². The van der Waals surface area contributed by atoms with Crippen molar-refractivity contribution >= 4 is 36.6 Å². The number of nitrogens with zero attached hydrogens (tertiary/aromatic N) is 4. The van der Waals surface area contributed by atoms with Crippen LogP contribution >= 0.6 is 24.8 Å². The minimum Gasteiger partial charge on any atom is -0.343 e. The summed E-state index contributed by atoms with van der Waals surface area (Å²) in [5.74, 6) is -0.217. The lowest BCUT2D eigenvalue weighted by Gasteiger charge is -2.46. The van der Waals surface area contributed by atoms with Crippen molar-refractivity contribution in [1.29, 1.82) is 0 Å². The first-order valence-electron chi connectivity index (χ1n) is 14.2. The van der Waals surface area contributed by atoms with E-state index in [2.05, 4.69) is 20.6 Å². The first-order valence-corrected chi connectivity index (χ1v) is 14.2. The number of rotatable bonds is 8. The van der Waals surface area contributed by atoms with Crippen molar-refractivity contribution in [3.8, 4) is 0 Å². The Hall–Kier alpha value is -2.20. The highest BCUT2D eigenvalue weighted by atomic mass is 35.5. The Kier molecular flexibility index (Phi) is 11.8. The summed E-state index contributed by atoms with van der Waals surface area (Å²) in [7, 11) is 1.76. The van der Waals surface area contributed by atoms with Gasteiger partial charge in [0.25, 0.3) is 0 Å². The number of hydrogen-bond donors (Lipinski definition) is 2. The Morgan fingerprint density at radius 2 is 1.75 bits per heavy atom. The zero-order chi connectivity index (χ0) is 26.6. The molecule has 3 aliphatic rings. The van der Waals surface area contributed by atoms with Gasteiger partial charge in [-0.1, -0.05) is 31.4 Å². The highest BCUT2D eigenvalue weighted by molar-refractivity contribution is 5.90. The molecular weight excluding hydrogens is 554 g/mol. The van der Waals surface area contributed by atoms with Crippen LogP contribution in [0.4, 0.5) is 4.39 Å². The van der Waals surface area contributed by atoms with Gasteiger partial charge in [0.05, 0.1) is 24.3 Å². The molecule has 1 aromatic heterocycles. The van der Waals surface area contributed by atoms with Crippen LogP contribution < -0.4 is 10.6 Å². The number of carbonyl (C=O) groups excluding carboxylic acids is 2. The fourth-order valence-corrected chi connectivity index (χ4v) is 6.47. The SMILES string of the molecule is CN[C@@H](C)C(=O)N[C@H](C(=O)N1C[C@H]2CCCN2C[C@H]1c1ccnn1Cc1ccc(F)cc1)C1CCCCC1.Cl.Cl. The predicted octanol–water partition coefficient (Wildman–Crippen LogP) is 3.93. The molecule has 3 fully saturated rings. The quantitative estimate of drug-likeness (QED) is 0.482. The molecule has 5 rings (SSSR count). The predicted molar refractivity (Wildman–Crippen MR) is 158 cm³/mol. The molecule has 40 heavy (non-hydrogen) atoms. The van der Waals surface area contributed by atoms with E-state index < -0.39 is 6.04 Å². The highest BCUT2D eigenvalue weighted by Crippen LogP contribution is 2.35. The van der Waals surface area contributed by atoms with Crippen molar-refractivity contribution in [2.24, 2.45) is 5.92 Å². The summed E-state index contributed by atoms with van der Waals surface area (Å²) in [5, 5.41) is 10.8. The van der Waals surface area contributed by atoms with Crippen LogP contribution in [0.3, 0.4) is 0 Å². The third kappa shape index (κ3) is 7.16. The number of likely N-dealkylation sites (N-methyl/N-ethyl adjacent to an activating group) is 1. The topological polar surface area (TPSA) is 82.5 Å². The molecule has 2 N–H and O–H groups in total. The van der Waals surface area contributed by atoms with E-state index in [9.17, 15) is 14.0 Å². The lowest BCUT2D eigenvalue weighted by Crippen LogP contribution is -2.61. The van der Waals surface area contributed by atoms with Crippen LogP contribution in [0.15, 0.2) is 36.5 Å². The third-order valence-corrected chi connectivity index (χ3v) is 8.82. The molecule has 0 bridgehead atoms. The van der Waals surface area contributed by atoms with Gasteiger partial charge in [0, 0.05) is 25.3 Å². The van der Waals surface area contributed by atoms with E-state index >= 15 is 0 Å². The second-order valence-electron chi connectivity index (χ2n) is 11.2. The number of benzene rings is 1. The Morgan fingerprint density at radius 3 is 2.45 bits per heavy atom. The second kappa shape index (κ2) is 14.6. The summed E-state index contributed by atoms with van der Waals surface area (Å²) in [6.45, 7) is 4.78. The largest absolute Gasteiger partial charge is 0.343 e. The van der Waals surface area contributed by atoms with E-state index in [-0.39, 0.29) is 60.4 Å². The van der Waals surface area contributed by atoms with E-state index in [1.165, 1.54) is 18.6 Å². The molecule has 0 radical (unpaired) electrons. The van der Waals surface area contributed by atoms with Crippen molar-refractivity contribution in [1.82, 2.24) is 30.2 Å². The number of fused-ring (bicyclic) bond motifs is 1. The minimum atomic E-state index is -0.525. The standard InChI is InChI=1S/C29H41FN6O2.2ClH/c1-20(31-2)28(37)33-27(22-7-4-3-5-8-22)29(38)35-18-24-9-6-16-34(24)19-26(35)25-14-15-32-36(25)17-21-10-12-23(30)13-11-21;;/h10-15,20,22,24,26-27,31H,3-9,16-19H2,1-2H3,(H,33,37);2*1H/t20-,24+,26-,27-;;/m0../s1. The molecule has 0 unspecified atom stereocenters. The lowest BCUT2D eigenvalue weighted by atomic mass is 9.82. The van der Waals surface area contributed by atoms with Crippen LogP contribution in [0.5, 0.6) is 0 Å². The summed E-state index contributed by atoms with van der Waals surface area (Å²) in [6, 6.07) is 7.78. The maximum atomic E-state index is 14.4. The zero-order valence-corrected chi connectivity index (χ0v) is 25.1. The van der Waals surface area contributed by atoms with Gasteiger partial charge in [-0.15, -0.1) is 24.8 Å². The van der Waals surface area contributed by atoms with Gasteiger partial charge in [0.15, 0.2) is 0 Å². The van der Waals surface area contributed by atoms with Gasteiger partial charge in [0.1, 0.15) is 11.9 Å². The Labute approximate surface area is 249 Å². The number of carbonyl (C=O) groups is 2. The molecule has 2 amide bonds. The van der Waals surface area contributed by atoms with Gasteiger partial charge in [-0.2, -0.15) is 5.10 Å². The number of halogens is 3. The van der Waals surface area contributed by atoms with Crippen LogP contribution in [-0.2, 0) is 16.1 Å². The smallest absolute Gasteiger partial charge is 0.246 e. The van der Waals surface area contributed by atoms with Gasteiger partial charge in [-0.25, -0.2) is 4.39 Å². The van der Waals surface area contributed by atoms with Crippen LogP contribution in [0, 0.1) is 11.7 Å². The Morgan fingerprint density at radius 1 is 1.02 bits per heavy atom. The van der Waals surface area contributed by atoms with E-state index in [0.29, 0.717) is 19.1 Å². The average molecular weight is 598 g/mol. The second-order valence-corrected chi connectivity index (χ2v) is 11.2. The molecule has 222 valence electrons. The van der Waals surface area contributed by atoms with Crippen LogP contribution in [0.25, 0.3) is 0 Å². The Balaban J connectivity index is 0.00000220. The van der Waals surface area contributed by atoms with Gasteiger partial charge in [-0.05, 0) is 75.9 Å². The monoisotopic (exact) mass is 596 g/mol. The summed E-state index contributed by atoms with van der Waals surface area (Å²) in [6.07, 6.45) is 9.30. The van der Waals surface area contributed by atoms with Crippen molar-refractivity contribution in [3.05, 3.63) is 53.6 Å². The molecule has 2 saturated heterocycles. The average Bonchev–Trinajstić information content (AvgIpc) is 3.60. The van der Waals surface area contributed by atoms with E-state index in [0.717, 1.165) is 62.9 Å². The van der Waals surface area contributed by atoms with E-state index in [1.807, 2.05) is 22.6 Å². The number of amides is 2. The highest BCUT2D eigenvalue weighted by Gasteiger charge is 2.44. The van der Waals surface area contributed by atoms with E-state index in [4.69, 9.17) is 0 Å². The Bertz CT molecular complexity index is 1110. The molecule has 1 saturated carbocycles. The summed E-state index contributed by atoms with van der Waals surface area (Å²) in [4.78, 5) is 32.0. The number of aromatic nitrogens is 2. The third-order valence-electron chi connectivity index (χ3n) is 8.82. The fraction of sp³-hybridized carbons (Fsp3) is 0.621. The van der Waals surface area contributed by atoms with Crippen LogP contribution in [0.2, 0.25) is 0 Å².